The Balaban J connectivity index is 1.54. The molecule has 0 bridgehead atoms. The molecular formula is C16H18BrNO2. The van der Waals surface area contributed by atoms with Crippen LogP contribution in [0.3, 0.4) is 0 Å². The van der Waals surface area contributed by atoms with Crippen molar-refractivity contribution in [2.75, 3.05) is 0 Å². The number of hydrogen-bond acceptors (Lipinski definition) is 3. The summed E-state index contributed by atoms with van der Waals surface area (Å²) in [6.07, 6.45) is 2.58. The summed E-state index contributed by atoms with van der Waals surface area (Å²) in [5.74, 6) is 2.66. The molecule has 1 aliphatic carbocycles. The van der Waals surface area contributed by atoms with E-state index < -0.39 is 0 Å². The number of rotatable bonds is 6. The van der Waals surface area contributed by atoms with Crippen LogP contribution in [-0.4, -0.2) is 6.04 Å². The van der Waals surface area contributed by atoms with Gasteiger partial charge in [0.25, 0.3) is 0 Å². The Morgan fingerprint density at radius 2 is 2.05 bits per heavy atom. The lowest BCUT2D eigenvalue weighted by Crippen LogP contribution is -2.14. The van der Waals surface area contributed by atoms with Crippen molar-refractivity contribution in [2.45, 2.75) is 39.0 Å². The highest BCUT2D eigenvalue weighted by molar-refractivity contribution is 9.10. The number of ether oxygens (including phenoxy) is 1. The maximum atomic E-state index is 5.77. The van der Waals surface area contributed by atoms with Gasteiger partial charge in [0.2, 0.25) is 0 Å². The molecule has 0 aliphatic heterocycles. The van der Waals surface area contributed by atoms with Gasteiger partial charge in [-0.2, -0.15) is 0 Å². The predicted octanol–water partition coefficient (Wildman–Crippen LogP) is 4.18. The van der Waals surface area contributed by atoms with Crippen LogP contribution in [0, 0.1) is 6.92 Å². The summed E-state index contributed by atoms with van der Waals surface area (Å²) in [7, 11) is 0. The van der Waals surface area contributed by atoms with Gasteiger partial charge in [-0.15, -0.1) is 0 Å². The highest BCUT2D eigenvalue weighted by atomic mass is 79.9. The van der Waals surface area contributed by atoms with Crippen LogP contribution in [0.15, 0.2) is 39.2 Å². The van der Waals surface area contributed by atoms with Crippen LogP contribution in [0.1, 0.15) is 29.9 Å². The van der Waals surface area contributed by atoms with Gasteiger partial charge in [-0.05, 0) is 65.5 Å². The molecule has 0 radical (unpaired) electrons. The number of halogens is 1. The van der Waals surface area contributed by atoms with E-state index in [0.29, 0.717) is 12.6 Å². The Hall–Kier alpha value is -1.26. The first kappa shape index (κ1) is 13.7. The zero-order valence-corrected chi connectivity index (χ0v) is 13.1. The van der Waals surface area contributed by atoms with Gasteiger partial charge in [0.15, 0.2) is 0 Å². The van der Waals surface area contributed by atoms with Crippen LogP contribution in [0.2, 0.25) is 0 Å². The summed E-state index contributed by atoms with van der Waals surface area (Å²) in [5, 5.41) is 3.43. The minimum absolute atomic E-state index is 0.449. The first-order valence-electron chi connectivity index (χ1n) is 6.90. The van der Waals surface area contributed by atoms with Gasteiger partial charge in [0, 0.05) is 6.04 Å². The largest absolute Gasteiger partial charge is 0.484 e. The molecule has 1 fully saturated rings. The van der Waals surface area contributed by atoms with Crippen molar-refractivity contribution in [2.24, 2.45) is 0 Å². The number of hydrogen-bond donors (Lipinski definition) is 1. The van der Waals surface area contributed by atoms with Crippen LogP contribution in [0.25, 0.3) is 0 Å². The normalized spacial score (nSPS) is 14.5. The minimum atomic E-state index is 0.449. The quantitative estimate of drug-likeness (QED) is 0.859. The summed E-state index contributed by atoms with van der Waals surface area (Å²) in [4.78, 5) is 0. The van der Waals surface area contributed by atoms with Gasteiger partial charge < -0.3 is 14.5 Å². The standard InChI is InChI=1S/C16H18BrNO2/c1-11-2-7-16(15(17)8-11)19-10-14-6-5-13(20-14)9-18-12-3-4-12/h2,5-8,12,18H,3-4,9-10H2,1H3. The molecule has 0 spiro atoms. The smallest absolute Gasteiger partial charge is 0.146 e. The van der Waals surface area contributed by atoms with E-state index in [2.05, 4.69) is 28.2 Å². The van der Waals surface area contributed by atoms with Crippen LogP contribution >= 0.6 is 15.9 Å². The van der Waals surface area contributed by atoms with Crippen molar-refractivity contribution in [3.05, 3.63) is 51.9 Å². The molecule has 2 aromatic rings. The first-order valence-corrected chi connectivity index (χ1v) is 7.70. The van der Waals surface area contributed by atoms with Gasteiger partial charge in [-0.25, -0.2) is 0 Å². The molecule has 1 N–H and O–H groups in total. The van der Waals surface area contributed by atoms with Crippen molar-refractivity contribution >= 4 is 15.9 Å². The first-order chi connectivity index (χ1) is 9.70. The number of nitrogens with one attached hydrogen (secondary N) is 1. The zero-order chi connectivity index (χ0) is 13.9. The Labute approximate surface area is 127 Å². The third-order valence-electron chi connectivity index (χ3n) is 3.32. The van der Waals surface area contributed by atoms with Gasteiger partial charge >= 0.3 is 0 Å². The van der Waals surface area contributed by atoms with E-state index in [4.69, 9.17) is 9.15 Å². The fourth-order valence-corrected chi connectivity index (χ4v) is 2.61. The van der Waals surface area contributed by atoms with Crippen molar-refractivity contribution in [3.8, 4) is 5.75 Å². The van der Waals surface area contributed by atoms with E-state index in [1.807, 2.05) is 30.3 Å². The lowest BCUT2D eigenvalue weighted by Gasteiger charge is -2.07. The maximum absolute atomic E-state index is 5.77. The fraction of sp³-hybridized carbons (Fsp3) is 0.375. The van der Waals surface area contributed by atoms with E-state index in [1.54, 1.807) is 0 Å². The molecule has 1 heterocycles. The lowest BCUT2D eigenvalue weighted by atomic mass is 10.2. The van der Waals surface area contributed by atoms with Crippen LogP contribution < -0.4 is 10.1 Å². The summed E-state index contributed by atoms with van der Waals surface area (Å²) in [6, 6.07) is 10.7. The third-order valence-corrected chi connectivity index (χ3v) is 3.94. The number of benzene rings is 1. The Kier molecular flexibility index (Phi) is 4.13. The molecule has 1 aliphatic rings. The van der Waals surface area contributed by atoms with Crippen LogP contribution in [-0.2, 0) is 13.2 Å². The van der Waals surface area contributed by atoms with Gasteiger partial charge in [0.05, 0.1) is 11.0 Å². The monoisotopic (exact) mass is 335 g/mol. The molecule has 3 rings (SSSR count). The van der Waals surface area contributed by atoms with Gasteiger partial charge in [-0.1, -0.05) is 6.07 Å². The summed E-state index contributed by atoms with van der Waals surface area (Å²) in [5.41, 5.74) is 1.20. The summed E-state index contributed by atoms with van der Waals surface area (Å²) >= 11 is 3.51. The average Bonchev–Trinajstić information content (AvgIpc) is 3.14. The van der Waals surface area contributed by atoms with Crippen LogP contribution in [0.4, 0.5) is 0 Å². The number of furan rings is 1. The average molecular weight is 336 g/mol. The van der Waals surface area contributed by atoms with Crippen molar-refractivity contribution in [1.82, 2.24) is 5.32 Å². The number of aryl methyl sites for hydroxylation is 1. The van der Waals surface area contributed by atoms with E-state index >= 15 is 0 Å². The molecule has 0 amide bonds. The topological polar surface area (TPSA) is 34.4 Å². The molecule has 0 saturated heterocycles. The lowest BCUT2D eigenvalue weighted by molar-refractivity contribution is 0.263. The van der Waals surface area contributed by atoms with Gasteiger partial charge in [0.1, 0.15) is 23.9 Å². The summed E-state index contributed by atoms with van der Waals surface area (Å²) in [6.45, 7) is 3.31. The van der Waals surface area contributed by atoms with E-state index in [1.165, 1.54) is 18.4 Å². The summed E-state index contributed by atoms with van der Waals surface area (Å²) < 4.78 is 12.5. The Morgan fingerprint density at radius 3 is 2.80 bits per heavy atom. The second-order valence-corrected chi connectivity index (χ2v) is 6.10. The molecular weight excluding hydrogens is 318 g/mol. The highest BCUT2D eigenvalue weighted by Gasteiger charge is 2.20. The molecule has 1 saturated carbocycles. The SMILES string of the molecule is Cc1ccc(OCc2ccc(CNC3CC3)o2)c(Br)c1. The predicted molar refractivity (Wildman–Crippen MR) is 81.8 cm³/mol. The molecule has 4 heteroatoms. The molecule has 0 unspecified atom stereocenters. The zero-order valence-electron chi connectivity index (χ0n) is 11.5. The molecule has 20 heavy (non-hydrogen) atoms. The minimum Gasteiger partial charge on any atom is -0.484 e. The second-order valence-electron chi connectivity index (χ2n) is 5.25. The fourth-order valence-electron chi connectivity index (χ4n) is 2.00. The molecule has 1 aromatic carbocycles. The van der Waals surface area contributed by atoms with Crippen molar-refractivity contribution < 1.29 is 9.15 Å². The Bertz CT molecular complexity index is 590. The Morgan fingerprint density at radius 1 is 1.25 bits per heavy atom. The highest BCUT2D eigenvalue weighted by Crippen LogP contribution is 2.26. The van der Waals surface area contributed by atoms with Gasteiger partial charge in [-0.3, -0.25) is 0 Å². The second kappa shape index (κ2) is 6.02. The van der Waals surface area contributed by atoms with Crippen molar-refractivity contribution in [1.29, 1.82) is 0 Å². The maximum Gasteiger partial charge on any atom is 0.146 e. The van der Waals surface area contributed by atoms with Crippen molar-refractivity contribution in [3.63, 3.8) is 0 Å². The molecule has 3 nitrogen and oxygen atoms in total. The molecule has 1 aromatic heterocycles. The van der Waals surface area contributed by atoms with E-state index in [0.717, 1.165) is 28.3 Å². The molecule has 0 atom stereocenters. The molecule has 106 valence electrons. The third kappa shape index (κ3) is 3.64. The van der Waals surface area contributed by atoms with E-state index in [9.17, 15) is 0 Å². The van der Waals surface area contributed by atoms with Crippen LogP contribution in [0.5, 0.6) is 5.75 Å². The van der Waals surface area contributed by atoms with E-state index in [-0.39, 0.29) is 0 Å².